The van der Waals surface area contributed by atoms with Crippen molar-refractivity contribution in [1.82, 2.24) is 15.3 Å². The number of aromatic nitrogens is 2. The van der Waals surface area contributed by atoms with E-state index in [0.717, 1.165) is 50.8 Å². The third-order valence-corrected chi connectivity index (χ3v) is 9.09. The zero-order valence-corrected chi connectivity index (χ0v) is 23.7. The minimum absolute atomic E-state index is 0.133. The minimum Gasteiger partial charge on any atom is -0.361 e. The number of rotatable bonds is 6. The molecule has 2 fully saturated rings. The monoisotopic (exact) mass is 540 g/mol. The topological polar surface area (TPSA) is 56.3 Å². The molecule has 204 valence electrons. The molecule has 0 spiro atoms. The molecule has 0 amide bonds. The van der Waals surface area contributed by atoms with E-state index in [-0.39, 0.29) is 5.41 Å². The molecule has 0 unspecified atom stereocenters. The Bertz CT molecular complexity index is 1260. The molecule has 2 N–H and O–H groups in total. The lowest BCUT2D eigenvalue weighted by molar-refractivity contribution is 0.435. The van der Waals surface area contributed by atoms with E-state index in [1.165, 1.54) is 68.1 Å². The highest BCUT2D eigenvalue weighted by Gasteiger charge is 2.35. The number of hydrogen-bond acceptors (Lipinski definition) is 5. The minimum atomic E-state index is 0.133. The van der Waals surface area contributed by atoms with Crippen LogP contribution < -0.4 is 20.4 Å². The summed E-state index contributed by atoms with van der Waals surface area (Å²) in [6.45, 7) is 4.73. The molecule has 39 heavy (non-hydrogen) atoms. The van der Waals surface area contributed by atoms with Gasteiger partial charge in [-0.3, -0.25) is 0 Å². The quantitative estimate of drug-likeness (QED) is 0.360. The van der Waals surface area contributed by atoms with Gasteiger partial charge in [0.15, 0.2) is 5.11 Å². The fourth-order valence-corrected chi connectivity index (χ4v) is 6.76. The maximum atomic E-state index is 5.81. The van der Waals surface area contributed by atoms with Crippen molar-refractivity contribution in [2.75, 3.05) is 41.3 Å². The highest BCUT2D eigenvalue weighted by atomic mass is 32.1. The number of hydrogen-bond donors (Lipinski definition) is 2. The Morgan fingerprint density at radius 1 is 0.769 bits per heavy atom. The molecule has 6 rings (SSSR count). The molecule has 0 bridgehead atoms. The van der Waals surface area contributed by atoms with Crippen LogP contribution >= 0.6 is 12.2 Å². The van der Waals surface area contributed by atoms with Crippen LogP contribution in [0.2, 0.25) is 0 Å². The zero-order chi connectivity index (χ0) is 26.5. The maximum Gasteiger partial charge on any atom is 0.232 e. The number of benzene rings is 2. The van der Waals surface area contributed by atoms with Gasteiger partial charge in [-0.1, -0.05) is 80.3 Å². The summed E-state index contributed by atoms with van der Waals surface area (Å²) < 4.78 is 0. The lowest BCUT2D eigenvalue weighted by atomic mass is 9.79. The molecule has 0 radical (unpaired) electrons. The first kappa shape index (κ1) is 26.1. The van der Waals surface area contributed by atoms with Crippen LogP contribution in [0.3, 0.4) is 0 Å². The molecule has 1 saturated carbocycles. The van der Waals surface area contributed by atoms with Gasteiger partial charge in [0.2, 0.25) is 5.95 Å². The van der Waals surface area contributed by atoms with Gasteiger partial charge in [0.1, 0.15) is 11.6 Å². The van der Waals surface area contributed by atoms with E-state index in [0.29, 0.717) is 11.1 Å². The van der Waals surface area contributed by atoms with Gasteiger partial charge in [-0.15, -0.1) is 0 Å². The molecule has 3 heterocycles. The molecule has 0 atom stereocenters. The first-order valence-electron chi connectivity index (χ1n) is 14.7. The molecule has 1 aliphatic carbocycles. The maximum absolute atomic E-state index is 5.81. The molecule has 1 saturated heterocycles. The highest BCUT2D eigenvalue weighted by molar-refractivity contribution is 7.80. The Hall–Kier alpha value is -3.19. The molecule has 1 aromatic heterocycles. The van der Waals surface area contributed by atoms with Crippen molar-refractivity contribution in [3.63, 3.8) is 0 Å². The van der Waals surface area contributed by atoms with Gasteiger partial charge >= 0.3 is 0 Å². The van der Waals surface area contributed by atoms with Gasteiger partial charge in [0.05, 0.1) is 0 Å². The molecular weight excluding hydrogens is 500 g/mol. The predicted molar refractivity (Wildman–Crippen MR) is 165 cm³/mol. The molecule has 6 nitrogen and oxygen atoms in total. The summed E-state index contributed by atoms with van der Waals surface area (Å²) in [7, 11) is 0. The van der Waals surface area contributed by atoms with Crippen LogP contribution in [0.25, 0.3) is 0 Å². The second kappa shape index (κ2) is 11.9. The Kier molecular flexibility index (Phi) is 7.95. The predicted octanol–water partition coefficient (Wildman–Crippen LogP) is 6.22. The molecule has 7 heteroatoms. The summed E-state index contributed by atoms with van der Waals surface area (Å²) in [4.78, 5) is 14.8. The first-order valence-corrected chi connectivity index (χ1v) is 15.2. The number of nitrogens with one attached hydrogen (secondary N) is 2. The first-order chi connectivity index (χ1) is 19.2. The van der Waals surface area contributed by atoms with Gasteiger partial charge in [-0.05, 0) is 61.0 Å². The van der Waals surface area contributed by atoms with Crippen molar-refractivity contribution < 1.29 is 0 Å². The number of nitrogens with zero attached hydrogens (tertiary/aromatic N) is 4. The Morgan fingerprint density at radius 3 is 2.18 bits per heavy atom. The van der Waals surface area contributed by atoms with Crippen LogP contribution in [-0.2, 0) is 18.4 Å². The summed E-state index contributed by atoms with van der Waals surface area (Å²) >= 11 is 5.81. The van der Waals surface area contributed by atoms with E-state index < -0.39 is 0 Å². The van der Waals surface area contributed by atoms with E-state index in [2.05, 4.69) is 81.1 Å². The molecule has 2 aliphatic heterocycles. The second-order valence-electron chi connectivity index (χ2n) is 11.4. The normalized spacial score (nSPS) is 18.8. The van der Waals surface area contributed by atoms with Crippen LogP contribution in [0.4, 0.5) is 17.6 Å². The van der Waals surface area contributed by atoms with E-state index in [9.17, 15) is 0 Å². The van der Waals surface area contributed by atoms with E-state index in [1.54, 1.807) is 0 Å². The number of anilines is 3. The van der Waals surface area contributed by atoms with E-state index >= 15 is 0 Å². The van der Waals surface area contributed by atoms with Crippen LogP contribution in [-0.4, -0.2) is 41.3 Å². The van der Waals surface area contributed by atoms with Gasteiger partial charge in [-0.25, -0.2) is 0 Å². The standard InChI is InChI=1S/C32H40N6S/c39-31(33-24-32(17-8-9-18-32)27-14-4-3-5-15-27)36-30-34-28(37-19-10-1-2-11-20-37)22-29(35-30)38-21-16-25-12-6-7-13-26(25)23-38/h3-7,12-15,22H,1-2,8-11,16-21,23-24H2,(H2,33,34,35,36,39). The van der Waals surface area contributed by atoms with Crippen LogP contribution in [0.1, 0.15) is 68.1 Å². The lowest BCUT2D eigenvalue weighted by Crippen LogP contribution is -2.41. The van der Waals surface area contributed by atoms with Crippen molar-refractivity contribution in [2.45, 2.75) is 69.7 Å². The van der Waals surface area contributed by atoms with Crippen LogP contribution in [0.5, 0.6) is 0 Å². The average molecular weight is 541 g/mol. The van der Waals surface area contributed by atoms with Crippen molar-refractivity contribution in [1.29, 1.82) is 0 Å². The van der Waals surface area contributed by atoms with Gasteiger partial charge in [-0.2, -0.15) is 9.97 Å². The Balaban J connectivity index is 1.21. The SMILES string of the molecule is S=C(NCC1(c2ccccc2)CCCC1)Nc1nc(N2CCCCCC2)cc(N2CCc3ccccc3C2)n1. The zero-order valence-electron chi connectivity index (χ0n) is 22.9. The third kappa shape index (κ3) is 6.03. The molecule has 3 aromatic rings. The average Bonchev–Trinajstić information content (AvgIpc) is 3.30. The van der Waals surface area contributed by atoms with Gasteiger partial charge < -0.3 is 20.4 Å². The molecular formula is C32H40N6S. The van der Waals surface area contributed by atoms with Crippen molar-refractivity contribution in [3.05, 3.63) is 77.4 Å². The smallest absolute Gasteiger partial charge is 0.232 e. The molecule has 3 aliphatic rings. The van der Waals surface area contributed by atoms with E-state index in [1.807, 2.05) is 0 Å². The number of thiocarbonyl (C=S) groups is 1. The summed E-state index contributed by atoms with van der Waals surface area (Å²) in [5, 5.41) is 7.52. The summed E-state index contributed by atoms with van der Waals surface area (Å²) in [6, 6.07) is 21.9. The highest BCUT2D eigenvalue weighted by Crippen LogP contribution is 2.40. The third-order valence-electron chi connectivity index (χ3n) is 8.84. The van der Waals surface area contributed by atoms with Crippen molar-refractivity contribution in [3.8, 4) is 0 Å². The Labute approximate surface area is 238 Å². The summed E-state index contributed by atoms with van der Waals surface area (Å²) in [6.07, 6.45) is 10.9. The van der Waals surface area contributed by atoms with Crippen molar-refractivity contribution in [2.24, 2.45) is 0 Å². The largest absolute Gasteiger partial charge is 0.361 e. The van der Waals surface area contributed by atoms with Gasteiger partial charge in [0, 0.05) is 44.2 Å². The lowest BCUT2D eigenvalue weighted by Gasteiger charge is -2.32. The number of fused-ring (bicyclic) bond motifs is 1. The summed E-state index contributed by atoms with van der Waals surface area (Å²) in [5.74, 6) is 2.56. The van der Waals surface area contributed by atoms with Crippen LogP contribution in [0, 0.1) is 0 Å². The van der Waals surface area contributed by atoms with Crippen LogP contribution in [0.15, 0.2) is 60.7 Å². The summed E-state index contributed by atoms with van der Waals surface area (Å²) in [5.41, 5.74) is 4.37. The second-order valence-corrected chi connectivity index (χ2v) is 11.8. The fourth-order valence-electron chi connectivity index (χ4n) is 6.60. The van der Waals surface area contributed by atoms with E-state index in [4.69, 9.17) is 22.2 Å². The van der Waals surface area contributed by atoms with Crippen molar-refractivity contribution >= 4 is 34.9 Å². The Morgan fingerprint density at radius 2 is 1.44 bits per heavy atom. The fraction of sp³-hybridized carbons (Fsp3) is 0.469. The van der Waals surface area contributed by atoms with Gasteiger partial charge in [0.25, 0.3) is 0 Å². The molecule has 2 aromatic carbocycles.